The zero-order valence-corrected chi connectivity index (χ0v) is 12.8. The van der Waals surface area contributed by atoms with E-state index in [-0.39, 0.29) is 5.91 Å². The first-order valence-corrected chi connectivity index (χ1v) is 7.52. The Bertz CT molecular complexity index is 729. The van der Waals surface area contributed by atoms with Gasteiger partial charge < -0.3 is 10.4 Å². The minimum Gasteiger partial charge on any atom is -0.480 e. The van der Waals surface area contributed by atoms with Crippen molar-refractivity contribution in [1.82, 2.24) is 15.1 Å². The lowest BCUT2D eigenvalue weighted by molar-refractivity contribution is -0.139. The summed E-state index contributed by atoms with van der Waals surface area (Å²) in [7, 11) is 0. The fourth-order valence-electron chi connectivity index (χ4n) is 2.49. The number of nitrogens with zero attached hydrogens (tertiary/aromatic N) is 2. The molecule has 0 radical (unpaired) electrons. The molecule has 0 aliphatic carbocycles. The number of halogens is 1. The van der Waals surface area contributed by atoms with Crippen LogP contribution in [-0.4, -0.2) is 38.8 Å². The number of hydrogen-bond acceptors (Lipinski definition) is 4. The van der Waals surface area contributed by atoms with Crippen LogP contribution in [0.5, 0.6) is 0 Å². The molecule has 1 saturated heterocycles. The molecule has 0 unspecified atom stereocenters. The number of hydrogen-bond donors (Lipinski definition) is 3. The molecule has 0 bridgehead atoms. The van der Waals surface area contributed by atoms with Gasteiger partial charge >= 0.3 is 5.97 Å². The molecule has 1 fully saturated rings. The Balaban J connectivity index is 1.64. The van der Waals surface area contributed by atoms with Crippen molar-refractivity contribution in [3.8, 4) is 5.69 Å². The van der Waals surface area contributed by atoms with Crippen molar-refractivity contribution in [2.45, 2.75) is 24.9 Å². The molecule has 8 heteroatoms. The smallest absolute Gasteiger partial charge is 0.320 e. The third-order valence-electron chi connectivity index (χ3n) is 3.69. The maximum atomic E-state index is 12.1. The molecule has 1 aromatic carbocycles. The average Bonchev–Trinajstić information content (AvgIpc) is 3.17. The summed E-state index contributed by atoms with van der Waals surface area (Å²) in [6.07, 6.45) is 2.65. The molecule has 1 amide bonds. The first kappa shape index (κ1) is 15.5. The molecule has 0 saturated carbocycles. The molecule has 0 spiro atoms. The van der Waals surface area contributed by atoms with Gasteiger partial charge in [-0.2, -0.15) is 5.10 Å². The number of carboxylic acids is 1. The highest BCUT2D eigenvalue weighted by molar-refractivity contribution is 6.30. The Morgan fingerprint density at radius 1 is 1.22 bits per heavy atom. The van der Waals surface area contributed by atoms with Gasteiger partial charge in [-0.3, -0.25) is 14.9 Å². The Morgan fingerprint density at radius 3 is 2.57 bits per heavy atom. The lowest BCUT2D eigenvalue weighted by Gasteiger charge is -2.10. The number of nitrogens with one attached hydrogen (secondary N) is 2. The van der Waals surface area contributed by atoms with E-state index in [9.17, 15) is 9.59 Å². The molecular formula is C15H15ClN4O3. The van der Waals surface area contributed by atoms with Crippen molar-refractivity contribution >= 4 is 29.3 Å². The Labute approximate surface area is 137 Å². The van der Waals surface area contributed by atoms with Crippen molar-refractivity contribution in [2.24, 2.45) is 0 Å². The van der Waals surface area contributed by atoms with Crippen LogP contribution in [0.25, 0.3) is 5.69 Å². The second kappa shape index (κ2) is 6.39. The Morgan fingerprint density at radius 2 is 1.91 bits per heavy atom. The van der Waals surface area contributed by atoms with Gasteiger partial charge in [0, 0.05) is 17.3 Å². The van der Waals surface area contributed by atoms with E-state index in [1.807, 2.05) is 12.1 Å². The van der Waals surface area contributed by atoms with Gasteiger partial charge in [-0.15, -0.1) is 0 Å². The summed E-state index contributed by atoms with van der Waals surface area (Å²) in [4.78, 5) is 23.0. The van der Waals surface area contributed by atoms with Crippen LogP contribution in [0.4, 0.5) is 5.82 Å². The van der Waals surface area contributed by atoms with Crippen LogP contribution < -0.4 is 10.6 Å². The van der Waals surface area contributed by atoms with E-state index in [1.54, 1.807) is 29.1 Å². The van der Waals surface area contributed by atoms with E-state index in [4.69, 9.17) is 16.7 Å². The third kappa shape index (κ3) is 3.52. The van der Waals surface area contributed by atoms with Gasteiger partial charge in [-0.1, -0.05) is 11.6 Å². The van der Waals surface area contributed by atoms with Gasteiger partial charge in [-0.25, -0.2) is 4.68 Å². The van der Waals surface area contributed by atoms with E-state index in [0.717, 1.165) is 5.69 Å². The average molecular weight is 335 g/mol. The third-order valence-corrected chi connectivity index (χ3v) is 3.94. The van der Waals surface area contributed by atoms with Crippen molar-refractivity contribution in [3.63, 3.8) is 0 Å². The zero-order valence-electron chi connectivity index (χ0n) is 12.1. The molecule has 23 heavy (non-hydrogen) atoms. The predicted molar refractivity (Wildman–Crippen MR) is 84.8 cm³/mol. The number of carbonyl (C=O) groups is 2. The molecule has 120 valence electrons. The maximum Gasteiger partial charge on any atom is 0.320 e. The number of rotatable bonds is 4. The lowest BCUT2D eigenvalue weighted by atomic mass is 10.2. The summed E-state index contributed by atoms with van der Waals surface area (Å²) in [6.45, 7) is 0. The highest BCUT2D eigenvalue weighted by Crippen LogP contribution is 2.16. The van der Waals surface area contributed by atoms with Gasteiger partial charge in [0.15, 0.2) is 5.82 Å². The van der Waals surface area contributed by atoms with Gasteiger partial charge in [0.2, 0.25) is 5.91 Å². The molecule has 2 heterocycles. The first-order chi connectivity index (χ1) is 11.0. The molecule has 2 aromatic rings. The maximum absolute atomic E-state index is 12.1. The standard InChI is InChI=1S/C15H15ClN4O3/c16-9-1-3-10(4-2-9)20-8-7-13(19-20)18-14(21)11-5-6-12(17-11)15(22)23/h1-4,7-8,11-12,17H,5-6H2,(H,22,23)(H,18,19,21)/t11-,12+/m1/s1. The second-order valence-electron chi connectivity index (χ2n) is 5.30. The van der Waals surface area contributed by atoms with Crippen LogP contribution in [0.15, 0.2) is 36.5 Å². The van der Waals surface area contributed by atoms with Crippen LogP contribution >= 0.6 is 11.6 Å². The van der Waals surface area contributed by atoms with Crippen molar-refractivity contribution < 1.29 is 14.7 Å². The number of carboxylic acid groups (broad SMARTS) is 1. The molecule has 1 aromatic heterocycles. The van der Waals surface area contributed by atoms with E-state index in [2.05, 4.69) is 15.7 Å². The van der Waals surface area contributed by atoms with Gasteiger partial charge in [0.1, 0.15) is 6.04 Å². The number of aliphatic carboxylic acids is 1. The molecule has 1 aliphatic heterocycles. The summed E-state index contributed by atoms with van der Waals surface area (Å²) in [5.41, 5.74) is 0.819. The number of anilines is 1. The Hall–Kier alpha value is -2.38. The molecule has 7 nitrogen and oxygen atoms in total. The van der Waals surface area contributed by atoms with E-state index in [0.29, 0.717) is 23.7 Å². The summed E-state index contributed by atoms with van der Waals surface area (Å²) in [6, 6.07) is 7.63. The van der Waals surface area contributed by atoms with Crippen molar-refractivity contribution in [1.29, 1.82) is 0 Å². The molecular weight excluding hydrogens is 320 g/mol. The van der Waals surface area contributed by atoms with Crippen LogP contribution in [0.2, 0.25) is 5.02 Å². The molecule has 3 N–H and O–H groups in total. The summed E-state index contributed by atoms with van der Waals surface area (Å²) < 4.78 is 1.62. The summed E-state index contributed by atoms with van der Waals surface area (Å²) in [5, 5.41) is 19.3. The van der Waals surface area contributed by atoms with Crippen LogP contribution in [0.3, 0.4) is 0 Å². The lowest BCUT2D eigenvalue weighted by Crippen LogP contribution is -2.42. The molecule has 2 atom stereocenters. The summed E-state index contributed by atoms with van der Waals surface area (Å²) >= 11 is 5.84. The van der Waals surface area contributed by atoms with E-state index < -0.39 is 18.1 Å². The van der Waals surface area contributed by atoms with E-state index >= 15 is 0 Å². The fraction of sp³-hybridized carbons (Fsp3) is 0.267. The van der Waals surface area contributed by atoms with Crippen LogP contribution in [-0.2, 0) is 9.59 Å². The SMILES string of the molecule is O=C(O)[C@@H]1CC[C@H](C(=O)Nc2ccn(-c3ccc(Cl)cc3)n2)N1. The number of amides is 1. The normalized spacial score (nSPS) is 20.4. The fourth-order valence-corrected chi connectivity index (χ4v) is 2.61. The minimum absolute atomic E-state index is 0.282. The minimum atomic E-state index is -0.938. The largest absolute Gasteiger partial charge is 0.480 e. The number of carbonyl (C=O) groups excluding carboxylic acids is 1. The highest BCUT2D eigenvalue weighted by Gasteiger charge is 2.33. The summed E-state index contributed by atoms with van der Waals surface area (Å²) in [5.74, 6) is -0.812. The zero-order chi connectivity index (χ0) is 16.4. The second-order valence-corrected chi connectivity index (χ2v) is 5.74. The molecule has 1 aliphatic rings. The number of benzene rings is 1. The first-order valence-electron chi connectivity index (χ1n) is 7.14. The topological polar surface area (TPSA) is 96.2 Å². The van der Waals surface area contributed by atoms with Crippen molar-refractivity contribution in [3.05, 3.63) is 41.6 Å². The van der Waals surface area contributed by atoms with Crippen LogP contribution in [0, 0.1) is 0 Å². The van der Waals surface area contributed by atoms with Gasteiger partial charge in [0.05, 0.1) is 11.7 Å². The quantitative estimate of drug-likeness (QED) is 0.790. The van der Waals surface area contributed by atoms with Crippen molar-refractivity contribution in [2.75, 3.05) is 5.32 Å². The van der Waals surface area contributed by atoms with E-state index in [1.165, 1.54) is 0 Å². The monoisotopic (exact) mass is 334 g/mol. The van der Waals surface area contributed by atoms with Crippen LogP contribution in [0.1, 0.15) is 12.8 Å². The van der Waals surface area contributed by atoms with Gasteiger partial charge in [-0.05, 0) is 37.1 Å². The number of aromatic nitrogens is 2. The predicted octanol–water partition coefficient (Wildman–Crippen LogP) is 1.67. The van der Waals surface area contributed by atoms with Gasteiger partial charge in [0.25, 0.3) is 0 Å². The highest BCUT2D eigenvalue weighted by atomic mass is 35.5. The molecule has 3 rings (SSSR count). The Kier molecular flexibility index (Phi) is 4.31.